The molecule has 1 aromatic carbocycles. The maximum Gasteiger partial charge on any atom is 0.339 e. The average Bonchev–Trinajstić information content (AvgIpc) is 2.42. The number of hydrogen-bond donors (Lipinski definition) is 1. The molecule has 10 heteroatoms. The molecule has 0 amide bonds. The number of aryl methyl sites for hydroxylation is 1. The van der Waals surface area contributed by atoms with Crippen LogP contribution in [0.15, 0.2) is 37.4 Å². The van der Waals surface area contributed by atoms with E-state index in [-0.39, 0.29) is 5.69 Å². The topological polar surface area (TPSA) is 111 Å². The fourth-order valence-corrected chi connectivity index (χ4v) is 2.78. The quantitative estimate of drug-likeness (QED) is 0.376. The summed E-state index contributed by atoms with van der Waals surface area (Å²) in [7, 11) is 1.56. The van der Waals surface area contributed by atoms with Crippen LogP contribution in [0.5, 0.6) is 0 Å². The van der Waals surface area contributed by atoms with Crippen LogP contribution in [-0.4, -0.2) is 19.7 Å². The molecule has 2 aromatic rings. The molecule has 110 valence electrons. The molecule has 0 saturated carbocycles. The van der Waals surface area contributed by atoms with Crippen LogP contribution >= 0.6 is 27.7 Å². The first-order chi connectivity index (χ1) is 9.88. The Morgan fingerprint density at radius 3 is 2.86 bits per heavy atom. The molecule has 0 radical (unpaired) electrons. The van der Waals surface area contributed by atoms with E-state index in [2.05, 4.69) is 26.0 Å². The van der Waals surface area contributed by atoms with Crippen molar-refractivity contribution in [3.8, 4) is 0 Å². The lowest BCUT2D eigenvalue weighted by Crippen LogP contribution is -2.33. The minimum Gasteiger partial charge on any atom is -0.265 e. The van der Waals surface area contributed by atoms with Crippen molar-refractivity contribution in [2.45, 2.75) is 10.9 Å². The summed E-state index contributed by atoms with van der Waals surface area (Å²) >= 11 is 4.30. The summed E-state index contributed by atoms with van der Waals surface area (Å²) in [4.78, 5) is 36.3. The van der Waals surface area contributed by atoms with Gasteiger partial charge in [0.25, 0.3) is 5.69 Å². The molecular weight excluding hydrogens is 364 g/mol. The molecule has 0 aliphatic rings. The van der Waals surface area contributed by atoms with E-state index in [1.807, 2.05) is 0 Å². The zero-order valence-corrected chi connectivity index (χ0v) is 13.1. The maximum absolute atomic E-state index is 11.2. The van der Waals surface area contributed by atoms with E-state index in [1.165, 1.54) is 22.5 Å². The Bertz CT molecular complexity index is 817. The van der Waals surface area contributed by atoms with Gasteiger partial charge in [0.1, 0.15) is 0 Å². The van der Waals surface area contributed by atoms with E-state index in [0.29, 0.717) is 20.9 Å². The van der Waals surface area contributed by atoms with Gasteiger partial charge in [-0.15, -0.1) is 0 Å². The Morgan fingerprint density at radius 1 is 1.48 bits per heavy atom. The van der Waals surface area contributed by atoms with Crippen molar-refractivity contribution in [1.29, 1.82) is 0 Å². The van der Waals surface area contributed by atoms with E-state index in [4.69, 9.17) is 0 Å². The SMILES string of the molecule is Cn1[nH]c(=O)c(=O)nc1SCc1ccc(Br)c([N+](=O)[O-])c1. The van der Waals surface area contributed by atoms with Crippen molar-refractivity contribution in [3.63, 3.8) is 0 Å². The number of hydrogen-bond acceptors (Lipinski definition) is 6. The number of H-pyrrole nitrogens is 1. The van der Waals surface area contributed by atoms with Crippen LogP contribution in [0.25, 0.3) is 0 Å². The van der Waals surface area contributed by atoms with Crippen molar-refractivity contribution in [3.05, 3.63) is 59.1 Å². The minimum absolute atomic E-state index is 0.0311. The Kier molecular flexibility index (Phi) is 4.58. The Balaban J connectivity index is 2.23. The van der Waals surface area contributed by atoms with Gasteiger partial charge < -0.3 is 0 Å². The normalized spacial score (nSPS) is 10.6. The summed E-state index contributed by atoms with van der Waals surface area (Å²) in [6, 6.07) is 4.77. The number of nitro groups is 1. The summed E-state index contributed by atoms with van der Waals surface area (Å²) in [5, 5.41) is 13.5. The van der Waals surface area contributed by atoms with Crippen molar-refractivity contribution in [1.82, 2.24) is 14.8 Å². The molecule has 0 spiro atoms. The van der Waals surface area contributed by atoms with Crippen LogP contribution in [-0.2, 0) is 12.8 Å². The number of thioether (sulfide) groups is 1. The molecule has 0 aliphatic heterocycles. The summed E-state index contributed by atoms with van der Waals surface area (Å²) in [6.45, 7) is 0. The molecule has 0 fully saturated rings. The fraction of sp³-hybridized carbons (Fsp3) is 0.182. The molecule has 8 nitrogen and oxygen atoms in total. The van der Waals surface area contributed by atoms with Crippen molar-refractivity contribution >= 4 is 33.4 Å². The van der Waals surface area contributed by atoms with E-state index >= 15 is 0 Å². The Hall–Kier alpha value is -1.94. The molecule has 21 heavy (non-hydrogen) atoms. The largest absolute Gasteiger partial charge is 0.339 e. The first-order valence-corrected chi connectivity index (χ1v) is 7.39. The molecule has 0 aliphatic carbocycles. The second kappa shape index (κ2) is 6.22. The van der Waals surface area contributed by atoms with Crippen molar-refractivity contribution < 1.29 is 4.92 Å². The van der Waals surface area contributed by atoms with E-state index < -0.39 is 16.0 Å². The lowest BCUT2D eigenvalue weighted by molar-refractivity contribution is -0.385. The summed E-state index contributed by atoms with van der Waals surface area (Å²) in [5.74, 6) is 0.375. The van der Waals surface area contributed by atoms with Gasteiger partial charge in [0.05, 0.1) is 9.40 Å². The summed E-state index contributed by atoms with van der Waals surface area (Å²) < 4.78 is 1.73. The maximum atomic E-state index is 11.2. The van der Waals surface area contributed by atoms with Crippen LogP contribution in [0, 0.1) is 10.1 Å². The number of halogens is 1. The molecular formula is C11H9BrN4O4S. The van der Waals surface area contributed by atoms with Crippen LogP contribution in [0.2, 0.25) is 0 Å². The average molecular weight is 373 g/mol. The lowest BCUT2D eigenvalue weighted by atomic mass is 10.2. The van der Waals surface area contributed by atoms with Crippen LogP contribution < -0.4 is 11.1 Å². The van der Waals surface area contributed by atoms with Gasteiger partial charge in [-0.05, 0) is 27.6 Å². The van der Waals surface area contributed by atoms with Crippen LogP contribution in [0.4, 0.5) is 5.69 Å². The van der Waals surface area contributed by atoms with Gasteiger partial charge in [0, 0.05) is 18.9 Å². The summed E-state index contributed by atoms with van der Waals surface area (Å²) in [5.41, 5.74) is -0.981. The highest BCUT2D eigenvalue weighted by atomic mass is 79.9. The van der Waals surface area contributed by atoms with Crippen molar-refractivity contribution in [2.75, 3.05) is 0 Å². The number of aromatic amines is 1. The van der Waals surface area contributed by atoms with Gasteiger partial charge in [0.15, 0.2) is 5.16 Å². The smallest absolute Gasteiger partial charge is 0.265 e. The Morgan fingerprint density at radius 2 is 2.19 bits per heavy atom. The van der Waals surface area contributed by atoms with Crippen molar-refractivity contribution in [2.24, 2.45) is 7.05 Å². The predicted molar refractivity (Wildman–Crippen MR) is 80.5 cm³/mol. The van der Waals surface area contributed by atoms with Gasteiger partial charge in [0.2, 0.25) is 0 Å². The minimum atomic E-state index is -0.864. The van der Waals surface area contributed by atoms with E-state index in [0.717, 1.165) is 0 Å². The molecule has 1 N–H and O–H groups in total. The van der Waals surface area contributed by atoms with Crippen LogP contribution in [0.1, 0.15) is 5.56 Å². The first kappa shape index (κ1) is 15.4. The lowest BCUT2D eigenvalue weighted by Gasteiger charge is -2.06. The Labute approximate surface area is 130 Å². The number of nitrogens with zero attached hydrogens (tertiary/aromatic N) is 3. The first-order valence-electron chi connectivity index (χ1n) is 5.61. The van der Waals surface area contributed by atoms with E-state index in [1.54, 1.807) is 19.2 Å². The zero-order valence-electron chi connectivity index (χ0n) is 10.7. The van der Waals surface area contributed by atoms with E-state index in [9.17, 15) is 19.7 Å². The highest BCUT2D eigenvalue weighted by molar-refractivity contribution is 9.10. The van der Waals surface area contributed by atoms with Gasteiger partial charge in [-0.1, -0.05) is 17.8 Å². The third-order valence-electron chi connectivity index (χ3n) is 2.52. The number of rotatable bonds is 4. The predicted octanol–water partition coefficient (Wildman–Crippen LogP) is 1.43. The highest BCUT2D eigenvalue weighted by Crippen LogP contribution is 2.28. The standard InChI is InChI=1S/C11H9BrN4O4S/c1-15-11(13-9(17)10(18)14-15)21-5-6-2-3-7(12)8(4-6)16(19)20/h2-4H,5H2,1H3,(H,14,18). The summed E-state index contributed by atoms with van der Waals surface area (Å²) in [6.07, 6.45) is 0. The molecule has 2 rings (SSSR count). The third kappa shape index (κ3) is 3.58. The van der Waals surface area contributed by atoms with Gasteiger partial charge >= 0.3 is 11.1 Å². The third-order valence-corrected chi connectivity index (χ3v) is 4.29. The molecule has 0 saturated heterocycles. The monoisotopic (exact) mass is 372 g/mol. The second-order valence-electron chi connectivity index (χ2n) is 4.03. The van der Waals surface area contributed by atoms with Gasteiger partial charge in [-0.2, -0.15) is 4.98 Å². The molecule has 1 aromatic heterocycles. The molecule has 1 heterocycles. The van der Waals surface area contributed by atoms with Gasteiger partial charge in [-0.3, -0.25) is 29.5 Å². The second-order valence-corrected chi connectivity index (χ2v) is 5.83. The zero-order chi connectivity index (χ0) is 15.6. The number of nitrogens with one attached hydrogen (secondary N) is 1. The van der Waals surface area contributed by atoms with Crippen LogP contribution in [0.3, 0.4) is 0 Å². The highest BCUT2D eigenvalue weighted by Gasteiger charge is 2.13. The number of nitro benzene ring substituents is 1. The fourth-order valence-electron chi connectivity index (χ4n) is 1.53. The molecule has 0 unspecified atom stereocenters. The number of aromatic nitrogens is 3. The molecule has 0 atom stereocenters. The molecule has 0 bridgehead atoms. The number of benzene rings is 1. The van der Waals surface area contributed by atoms with Gasteiger partial charge in [-0.25, -0.2) is 0 Å².